The van der Waals surface area contributed by atoms with Crippen molar-refractivity contribution in [1.82, 2.24) is 10.2 Å². The molecule has 1 saturated heterocycles. The molecule has 1 N–H and O–H groups in total. The predicted molar refractivity (Wildman–Crippen MR) is 111 cm³/mol. The van der Waals surface area contributed by atoms with Gasteiger partial charge in [0.15, 0.2) is 0 Å². The highest BCUT2D eigenvalue weighted by molar-refractivity contribution is 5.95. The van der Waals surface area contributed by atoms with Gasteiger partial charge in [0.2, 0.25) is 5.91 Å². The Hall–Kier alpha value is -2.86. The van der Waals surface area contributed by atoms with Gasteiger partial charge < -0.3 is 19.7 Å². The minimum absolute atomic E-state index is 0.0268. The molecule has 3 rings (SSSR count). The molecule has 6 heteroatoms. The van der Waals surface area contributed by atoms with Crippen molar-refractivity contribution in [2.45, 2.75) is 18.9 Å². The molecule has 1 heterocycles. The number of ether oxygens (including phenoxy) is 2. The van der Waals surface area contributed by atoms with Gasteiger partial charge in [0.05, 0.1) is 25.7 Å². The standard InChI is InChI=1S/C23H28N2O4/c1-28-15-14-24-22(26)19-10-13-21(17-6-4-3-5-7-17)25(16-19)23(27)18-8-11-20(29-2)12-9-18/h3-9,11-12,19,21H,10,13-16H2,1-2H3,(H,24,26). The molecule has 2 atom stereocenters. The highest BCUT2D eigenvalue weighted by Crippen LogP contribution is 2.34. The lowest BCUT2D eigenvalue weighted by Gasteiger charge is -2.39. The zero-order chi connectivity index (χ0) is 20.6. The number of nitrogens with zero attached hydrogens (tertiary/aromatic N) is 1. The summed E-state index contributed by atoms with van der Waals surface area (Å²) in [7, 11) is 3.20. The molecule has 2 aromatic carbocycles. The Morgan fingerprint density at radius 2 is 1.76 bits per heavy atom. The Labute approximate surface area is 171 Å². The average Bonchev–Trinajstić information content (AvgIpc) is 2.79. The summed E-state index contributed by atoms with van der Waals surface area (Å²) < 4.78 is 10.2. The van der Waals surface area contributed by atoms with Gasteiger partial charge in [-0.25, -0.2) is 0 Å². The van der Waals surface area contributed by atoms with Gasteiger partial charge >= 0.3 is 0 Å². The van der Waals surface area contributed by atoms with Crippen molar-refractivity contribution >= 4 is 11.8 Å². The second kappa shape index (κ2) is 10.1. The largest absolute Gasteiger partial charge is 0.497 e. The number of hydrogen-bond donors (Lipinski definition) is 1. The zero-order valence-electron chi connectivity index (χ0n) is 17.0. The quantitative estimate of drug-likeness (QED) is 0.731. The molecular formula is C23H28N2O4. The van der Waals surface area contributed by atoms with E-state index in [1.54, 1.807) is 38.5 Å². The summed E-state index contributed by atoms with van der Waals surface area (Å²) in [6.07, 6.45) is 1.49. The maximum Gasteiger partial charge on any atom is 0.254 e. The fraction of sp³-hybridized carbons (Fsp3) is 0.391. The summed E-state index contributed by atoms with van der Waals surface area (Å²) >= 11 is 0. The van der Waals surface area contributed by atoms with Gasteiger partial charge in [-0.2, -0.15) is 0 Å². The van der Waals surface area contributed by atoms with Crippen LogP contribution in [0.2, 0.25) is 0 Å². The van der Waals surface area contributed by atoms with Crippen molar-refractivity contribution in [3.8, 4) is 5.75 Å². The molecule has 6 nitrogen and oxygen atoms in total. The van der Waals surface area contributed by atoms with Crippen LogP contribution in [0, 0.1) is 5.92 Å². The monoisotopic (exact) mass is 396 g/mol. The predicted octanol–water partition coefficient (Wildman–Crippen LogP) is 3.05. The van der Waals surface area contributed by atoms with E-state index in [1.165, 1.54) is 0 Å². The first-order chi connectivity index (χ1) is 14.1. The highest BCUT2D eigenvalue weighted by Gasteiger charge is 2.35. The maximum absolute atomic E-state index is 13.3. The van der Waals surface area contributed by atoms with Crippen molar-refractivity contribution in [2.75, 3.05) is 33.9 Å². The minimum atomic E-state index is -0.228. The third-order valence-corrected chi connectivity index (χ3v) is 5.34. The third-order valence-electron chi connectivity index (χ3n) is 5.34. The van der Waals surface area contributed by atoms with Crippen LogP contribution in [-0.4, -0.2) is 50.6 Å². The number of hydrogen-bond acceptors (Lipinski definition) is 4. The van der Waals surface area contributed by atoms with E-state index < -0.39 is 0 Å². The van der Waals surface area contributed by atoms with Crippen LogP contribution < -0.4 is 10.1 Å². The zero-order valence-corrected chi connectivity index (χ0v) is 17.0. The van der Waals surface area contributed by atoms with Crippen molar-refractivity contribution in [3.63, 3.8) is 0 Å². The Morgan fingerprint density at radius 1 is 1.03 bits per heavy atom. The molecule has 0 radical (unpaired) electrons. The van der Waals surface area contributed by atoms with Crippen molar-refractivity contribution in [2.24, 2.45) is 5.92 Å². The molecule has 2 unspecified atom stereocenters. The molecule has 0 bridgehead atoms. The van der Waals surface area contributed by atoms with Crippen molar-refractivity contribution < 1.29 is 19.1 Å². The number of rotatable bonds is 7. The molecule has 0 aliphatic carbocycles. The summed E-state index contributed by atoms with van der Waals surface area (Å²) in [5.41, 5.74) is 1.68. The van der Waals surface area contributed by atoms with E-state index in [2.05, 4.69) is 5.32 Å². The van der Waals surface area contributed by atoms with E-state index in [1.807, 2.05) is 35.2 Å². The fourth-order valence-corrected chi connectivity index (χ4v) is 3.75. The van der Waals surface area contributed by atoms with Gasteiger partial charge in [0, 0.05) is 25.8 Å². The second-order valence-electron chi connectivity index (χ2n) is 7.17. The van der Waals surface area contributed by atoms with E-state index in [-0.39, 0.29) is 23.8 Å². The number of piperidine rings is 1. The number of likely N-dealkylation sites (tertiary alicyclic amines) is 1. The van der Waals surface area contributed by atoms with E-state index >= 15 is 0 Å². The Bertz CT molecular complexity index is 807. The summed E-state index contributed by atoms with van der Waals surface area (Å²) in [6, 6.07) is 17.1. The lowest BCUT2D eigenvalue weighted by atomic mass is 9.88. The van der Waals surface area contributed by atoms with Crippen LogP contribution in [0.15, 0.2) is 54.6 Å². The number of carbonyl (C=O) groups is 2. The topological polar surface area (TPSA) is 67.9 Å². The molecule has 2 amide bonds. The first-order valence-electron chi connectivity index (χ1n) is 9.90. The van der Waals surface area contributed by atoms with Gasteiger partial charge in [-0.05, 0) is 42.7 Å². The van der Waals surface area contributed by atoms with Gasteiger partial charge in [-0.3, -0.25) is 9.59 Å². The van der Waals surface area contributed by atoms with Crippen LogP contribution in [-0.2, 0) is 9.53 Å². The van der Waals surface area contributed by atoms with Crippen LogP contribution in [0.3, 0.4) is 0 Å². The van der Waals surface area contributed by atoms with Crippen LogP contribution in [0.5, 0.6) is 5.75 Å². The molecule has 0 aromatic heterocycles. The van der Waals surface area contributed by atoms with Crippen LogP contribution >= 0.6 is 0 Å². The molecule has 0 saturated carbocycles. The number of nitrogens with one attached hydrogen (secondary N) is 1. The second-order valence-corrected chi connectivity index (χ2v) is 7.17. The van der Waals surface area contributed by atoms with Crippen molar-refractivity contribution in [3.05, 3.63) is 65.7 Å². The first-order valence-corrected chi connectivity index (χ1v) is 9.90. The summed E-state index contributed by atoms with van der Waals surface area (Å²) in [6.45, 7) is 1.34. The molecule has 1 fully saturated rings. The van der Waals surface area contributed by atoms with Gasteiger partial charge in [0.1, 0.15) is 5.75 Å². The lowest BCUT2D eigenvalue weighted by Crippen LogP contribution is -2.47. The van der Waals surface area contributed by atoms with Gasteiger partial charge in [-0.1, -0.05) is 30.3 Å². The summed E-state index contributed by atoms with van der Waals surface area (Å²) in [4.78, 5) is 27.8. The molecule has 1 aliphatic rings. The molecule has 0 spiro atoms. The van der Waals surface area contributed by atoms with Gasteiger partial charge in [0.25, 0.3) is 5.91 Å². The Balaban J connectivity index is 1.81. The number of amides is 2. The first kappa shape index (κ1) is 20.9. The van der Waals surface area contributed by atoms with E-state index in [0.29, 0.717) is 31.0 Å². The SMILES string of the molecule is COCCNC(=O)C1CCC(c2ccccc2)N(C(=O)c2ccc(OC)cc2)C1. The minimum Gasteiger partial charge on any atom is -0.497 e. The smallest absolute Gasteiger partial charge is 0.254 e. The Morgan fingerprint density at radius 3 is 2.41 bits per heavy atom. The number of carbonyl (C=O) groups excluding carboxylic acids is 2. The highest BCUT2D eigenvalue weighted by atomic mass is 16.5. The average molecular weight is 396 g/mol. The van der Waals surface area contributed by atoms with E-state index in [0.717, 1.165) is 18.4 Å². The normalized spacial score (nSPS) is 18.9. The number of benzene rings is 2. The van der Waals surface area contributed by atoms with Gasteiger partial charge in [-0.15, -0.1) is 0 Å². The van der Waals surface area contributed by atoms with Crippen LogP contribution in [0.1, 0.15) is 34.8 Å². The maximum atomic E-state index is 13.3. The summed E-state index contributed by atoms with van der Waals surface area (Å²) in [5, 5.41) is 2.90. The molecular weight excluding hydrogens is 368 g/mol. The molecule has 29 heavy (non-hydrogen) atoms. The van der Waals surface area contributed by atoms with E-state index in [9.17, 15) is 9.59 Å². The van der Waals surface area contributed by atoms with E-state index in [4.69, 9.17) is 9.47 Å². The fourth-order valence-electron chi connectivity index (χ4n) is 3.75. The lowest BCUT2D eigenvalue weighted by molar-refractivity contribution is -0.127. The summed E-state index contributed by atoms with van der Waals surface area (Å²) in [5.74, 6) is 0.376. The van der Waals surface area contributed by atoms with Crippen LogP contribution in [0.4, 0.5) is 0 Å². The molecule has 1 aliphatic heterocycles. The number of methoxy groups -OCH3 is 2. The van der Waals surface area contributed by atoms with Crippen LogP contribution in [0.25, 0.3) is 0 Å². The van der Waals surface area contributed by atoms with Crippen molar-refractivity contribution in [1.29, 1.82) is 0 Å². The molecule has 2 aromatic rings. The third kappa shape index (κ3) is 5.15. The Kier molecular flexibility index (Phi) is 7.25. The molecule has 154 valence electrons.